The molecule has 1 heterocycles. The molecule has 0 aliphatic rings. The number of hydrogen-bond acceptors (Lipinski definition) is 4. The molecule has 0 aliphatic carbocycles. The van der Waals surface area contributed by atoms with Gasteiger partial charge in [-0.05, 0) is 32.1 Å². The molecule has 18 heavy (non-hydrogen) atoms. The molecule has 0 saturated carbocycles. The summed E-state index contributed by atoms with van der Waals surface area (Å²) in [6.45, 7) is 12.1. The van der Waals surface area contributed by atoms with E-state index in [1.165, 1.54) is 27.8 Å². The van der Waals surface area contributed by atoms with E-state index in [1.54, 1.807) is 0 Å². The van der Waals surface area contributed by atoms with Crippen molar-refractivity contribution >= 4 is 23.1 Å². The van der Waals surface area contributed by atoms with Crippen LogP contribution in [0.5, 0.6) is 0 Å². The van der Waals surface area contributed by atoms with Gasteiger partial charge in [-0.25, -0.2) is 4.98 Å². The Hall–Kier alpha value is -0.0600. The molecule has 1 atom stereocenters. The van der Waals surface area contributed by atoms with E-state index in [9.17, 15) is 0 Å². The highest BCUT2D eigenvalue weighted by Crippen LogP contribution is 2.20. The molecule has 0 bridgehead atoms. The van der Waals surface area contributed by atoms with Crippen molar-refractivity contribution in [1.82, 2.24) is 10.3 Å². The summed E-state index contributed by atoms with van der Waals surface area (Å²) in [6.07, 6.45) is 2.26. The predicted molar refractivity (Wildman–Crippen MR) is 85.0 cm³/mol. The number of aryl methyl sites for hydroxylation is 2. The van der Waals surface area contributed by atoms with Gasteiger partial charge in [0, 0.05) is 23.1 Å². The smallest absolute Gasteiger partial charge is 0.0946 e. The van der Waals surface area contributed by atoms with Crippen LogP contribution in [-0.4, -0.2) is 28.6 Å². The van der Waals surface area contributed by atoms with Crippen LogP contribution in [0.3, 0.4) is 0 Å². The lowest BCUT2D eigenvalue weighted by Crippen LogP contribution is -2.34. The maximum Gasteiger partial charge on any atom is 0.0946 e. The molecule has 4 heteroatoms. The molecule has 1 aromatic heterocycles. The summed E-state index contributed by atoms with van der Waals surface area (Å²) in [5.74, 6) is 1.18. The second kappa shape index (κ2) is 8.18. The minimum absolute atomic E-state index is 0.558. The number of nitrogens with one attached hydrogen (secondary N) is 1. The first-order valence-electron chi connectivity index (χ1n) is 6.80. The molecule has 0 aromatic carbocycles. The molecule has 104 valence electrons. The number of hydrogen-bond donors (Lipinski definition) is 1. The Morgan fingerprint density at radius 3 is 2.56 bits per heavy atom. The normalized spacial score (nSPS) is 13.2. The highest BCUT2D eigenvalue weighted by molar-refractivity contribution is 7.99. The van der Waals surface area contributed by atoms with Gasteiger partial charge in [-0.1, -0.05) is 20.8 Å². The molecule has 1 unspecified atom stereocenters. The van der Waals surface area contributed by atoms with Crippen LogP contribution in [0.2, 0.25) is 0 Å². The molecule has 1 rings (SSSR count). The summed E-state index contributed by atoms with van der Waals surface area (Å²) in [5.41, 5.74) is 1.20. The van der Waals surface area contributed by atoms with Crippen molar-refractivity contribution in [3.8, 4) is 0 Å². The van der Waals surface area contributed by atoms with E-state index in [0.29, 0.717) is 11.3 Å². The van der Waals surface area contributed by atoms with Gasteiger partial charge in [0.25, 0.3) is 0 Å². The third-order valence-corrected chi connectivity index (χ3v) is 5.16. The zero-order chi connectivity index (χ0) is 13.5. The third-order valence-electron chi connectivity index (χ3n) is 2.81. The van der Waals surface area contributed by atoms with Gasteiger partial charge in [0.15, 0.2) is 0 Å². The van der Waals surface area contributed by atoms with Gasteiger partial charge >= 0.3 is 0 Å². The van der Waals surface area contributed by atoms with Crippen molar-refractivity contribution in [2.75, 3.05) is 12.3 Å². The van der Waals surface area contributed by atoms with Crippen LogP contribution >= 0.6 is 23.1 Å². The Labute approximate surface area is 120 Å². The van der Waals surface area contributed by atoms with Crippen molar-refractivity contribution < 1.29 is 0 Å². The van der Waals surface area contributed by atoms with Gasteiger partial charge < -0.3 is 5.32 Å². The van der Waals surface area contributed by atoms with Crippen molar-refractivity contribution in [1.29, 1.82) is 0 Å². The van der Waals surface area contributed by atoms with E-state index < -0.39 is 0 Å². The largest absolute Gasteiger partial charge is 0.313 e. The molecule has 0 aliphatic heterocycles. The van der Waals surface area contributed by atoms with Gasteiger partial charge in [-0.2, -0.15) is 11.8 Å². The standard InChI is InChI=1S/C14H26N2S2/c1-6-7-15-13(9-17-10(2)3)8-14-16-11(4)12(5)18-14/h10,13,15H,6-9H2,1-5H3. The van der Waals surface area contributed by atoms with Crippen LogP contribution in [0.4, 0.5) is 0 Å². The Morgan fingerprint density at radius 2 is 2.06 bits per heavy atom. The predicted octanol–water partition coefficient (Wildman–Crippen LogP) is 3.81. The van der Waals surface area contributed by atoms with Crippen molar-refractivity contribution in [2.45, 2.75) is 58.8 Å². The van der Waals surface area contributed by atoms with Crippen LogP contribution in [0.25, 0.3) is 0 Å². The molecule has 1 aromatic rings. The molecular formula is C14H26N2S2. The zero-order valence-corrected chi connectivity index (χ0v) is 13.9. The van der Waals surface area contributed by atoms with Crippen LogP contribution in [0, 0.1) is 13.8 Å². The maximum absolute atomic E-state index is 4.65. The second-order valence-electron chi connectivity index (χ2n) is 4.99. The molecule has 0 spiro atoms. The summed E-state index contributed by atoms with van der Waals surface area (Å²) >= 11 is 3.88. The second-order valence-corrected chi connectivity index (χ2v) is 7.88. The van der Waals surface area contributed by atoms with E-state index in [0.717, 1.165) is 13.0 Å². The van der Waals surface area contributed by atoms with Gasteiger partial charge in [0.05, 0.1) is 10.7 Å². The monoisotopic (exact) mass is 286 g/mol. The van der Waals surface area contributed by atoms with Crippen LogP contribution in [0.1, 0.15) is 42.8 Å². The molecule has 0 radical (unpaired) electrons. The quantitative estimate of drug-likeness (QED) is 0.786. The SMILES string of the molecule is CCCNC(CSC(C)C)Cc1nc(C)c(C)s1. The van der Waals surface area contributed by atoms with Gasteiger partial charge in [-0.15, -0.1) is 11.3 Å². The Morgan fingerprint density at radius 1 is 1.33 bits per heavy atom. The molecule has 0 saturated heterocycles. The van der Waals surface area contributed by atoms with Crippen LogP contribution in [0.15, 0.2) is 0 Å². The fraction of sp³-hybridized carbons (Fsp3) is 0.786. The van der Waals surface area contributed by atoms with Crippen molar-refractivity contribution in [3.05, 3.63) is 15.6 Å². The number of thiazole rings is 1. The van der Waals surface area contributed by atoms with Crippen LogP contribution in [-0.2, 0) is 6.42 Å². The Bertz CT molecular complexity index is 328. The summed E-state index contributed by atoms with van der Waals surface area (Å²) in [4.78, 5) is 6.01. The number of thioether (sulfide) groups is 1. The summed E-state index contributed by atoms with van der Waals surface area (Å²) < 4.78 is 0. The number of nitrogens with zero attached hydrogens (tertiary/aromatic N) is 1. The first-order valence-corrected chi connectivity index (χ1v) is 8.67. The lowest BCUT2D eigenvalue weighted by atomic mass is 10.2. The summed E-state index contributed by atoms with van der Waals surface area (Å²) in [7, 11) is 0. The summed E-state index contributed by atoms with van der Waals surface area (Å²) in [5, 5.41) is 5.63. The Balaban J connectivity index is 2.53. The Kier molecular flexibility index (Phi) is 7.27. The minimum Gasteiger partial charge on any atom is -0.313 e. The first kappa shape index (κ1) is 16.0. The fourth-order valence-electron chi connectivity index (χ4n) is 1.68. The van der Waals surface area contributed by atoms with Crippen molar-refractivity contribution in [2.24, 2.45) is 0 Å². The highest BCUT2D eigenvalue weighted by Gasteiger charge is 2.13. The minimum atomic E-state index is 0.558. The van der Waals surface area contributed by atoms with E-state index in [4.69, 9.17) is 0 Å². The van der Waals surface area contributed by atoms with Gasteiger partial charge in [0.1, 0.15) is 0 Å². The van der Waals surface area contributed by atoms with E-state index in [2.05, 4.69) is 44.9 Å². The average molecular weight is 287 g/mol. The molecule has 0 fully saturated rings. The molecular weight excluding hydrogens is 260 g/mol. The average Bonchev–Trinajstić information content (AvgIpc) is 2.61. The summed E-state index contributed by atoms with van der Waals surface area (Å²) in [6, 6.07) is 0.558. The zero-order valence-electron chi connectivity index (χ0n) is 12.2. The van der Waals surface area contributed by atoms with E-state index >= 15 is 0 Å². The van der Waals surface area contributed by atoms with Crippen molar-refractivity contribution in [3.63, 3.8) is 0 Å². The highest BCUT2D eigenvalue weighted by atomic mass is 32.2. The lowest BCUT2D eigenvalue weighted by Gasteiger charge is -2.18. The van der Waals surface area contributed by atoms with E-state index in [1.807, 2.05) is 23.1 Å². The third kappa shape index (κ3) is 5.72. The van der Waals surface area contributed by atoms with E-state index in [-0.39, 0.29) is 0 Å². The molecule has 0 amide bonds. The lowest BCUT2D eigenvalue weighted by molar-refractivity contribution is 0.548. The molecule has 1 N–H and O–H groups in total. The number of rotatable bonds is 8. The maximum atomic E-state index is 4.65. The van der Waals surface area contributed by atoms with Gasteiger partial charge in [-0.3, -0.25) is 0 Å². The topological polar surface area (TPSA) is 24.9 Å². The first-order chi connectivity index (χ1) is 8.52. The number of aromatic nitrogens is 1. The van der Waals surface area contributed by atoms with Crippen LogP contribution < -0.4 is 5.32 Å². The molecule has 2 nitrogen and oxygen atoms in total. The van der Waals surface area contributed by atoms with Gasteiger partial charge in [0.2, 0.25) is 0 Å². The fourth-order valence-corrected chi connectivity index (χ4v) is 3.55.